The number of carbonyl (C=O) groups is 2. The van der Waals surface area contributed by atoms with E-state index >= 15 is 0 Å². The van der Waals surface area contributed by atoms with Gasteiger partial charge in [0.1, 0.15) is 6.04 Å². The Morgan fingerprint density at radius 2 is 1.89 bits per heavy atom. The topological polar surface area (TPSA) is 110 Å². The number of nitrogens with zero attached hydrogens (tertiary/aromatic N) is 1. The van der Waals surface area contributed by atoms with Crippen molar-refractivity contribution in [2.45, 2.75) is 45.2 Å². The third-order valence-electron chi connectivity index (χ3n) is 5.46. The van der Waals surface area contributed by atoms with Gasteiger partial charge in [0.2, 0.25) is 5.91 Å². The van der Waals surface area contributed by atoms with Crippen molar-refractivity contribution in [2.24, 2.45) is 11.8 Å². The Hall–Kier alpha value is -2.90. The third kappa shape index (κ3) is 4.16. The van der Waals surface area contributed by atoms with Crippen LogP contribution in [0.1, 0.15) is 32.6 Å². The lowest BCUT2D eigenvalue weighted by molar-refractivity contribution is -0.145. The number of hydrogen-bond acceptors (Lipinski definition) is 5. The number of H-pyrrole nitrogens is 1. The van der Waals surface area contributed by atoms with E-state index in [1.54, 1.807) is 31.2 Å². The van der Waals surface area contributed by atoms with Crippen LogP contribution in [0.3, 0.4) is 0 Å². The average molecular weight is 387 g/mol. The molecule has 1 amide bonds. The van der Waals surface area contributed by atoms with Gasteiger partial charge in [0, 0.05) is 12.5 Å². The predicted molar refractivity (Wildman–Crippen MR) is 104 cm³/mol. The first-order valence-corrected chi connectivity index (χ1v) is 9.50. The van der Waals surface area contributed by atoms with E-state index in [2.05, 4.69) is 15.0 Å². The highest BCUT2D eigenvalue weighted by Crippen LogP contribution is 2.29. The van der Waals surface area contributed by atoms with Crippen molar-refractivity contribution in [1.29, 1.82) is 0 Å². The number of carbonyl (C=O) groups excluding carboxylic acids is 2. The average Bonchev–Trinajstić information content (AvgIpc) is 2.70. The molecule has 1 aliphatic carbocycles. The summed E-state index contributed by atoms with van der Waals surface area (Å²) in [6.07, 6.45) is 2.79. The fourth-order valence-corrected chi connectivity index (χ4v) is 3.80. The number of methoxy groups -OCH3 is 1. The van der Waals surface area contributed by atoms with Crippen molar-refractivity contribution < 1.29 is 14.3 Å². The second kappa shape index (κ2) is 8.41. The maximum absolute atomic E-state index is 12.6. The lowest BCUT2D eigenvalue weighted by Crippen LogP contribution is -2.43. The highest BCUT2D eigenvalue weighted by molar-refractivity contribution is 5.85. The van der Waals surface area contributed by atoms with Crippen LogP contribution in [0.25, 0.3) is 10.9 Å². The van der Waals surface area contributed by atoms with Crippen LogP contribution in [0, 0.1) is 11.8 Å². The minimum atomic E-state index is -0.676. The fourth-order valence-electron chi connectivity index (χ4n) is 3.80. The number of aromatic amines is 1. The summed E-state index contributed by atoms with van der Waals surface area (Å²) in [5, 5.41) is 3.17. The Balaban J connectivity index is 1.63. The van der Waals surface area contributed by atoms with Gasteiger partial charge in [-0.15, -0.1) is 0 Å². The maximum Gasteiger partial charge on any atom is 0.328 e. The molecule has 2 aromatic rings. The lowest BCUT2D eigenvalue weighted by atomic mass is 9.81. The van der Waals surface area contributed by atoms with Gasteiger partial charge in [-0.25, -0.2) is 9.59 Å². The Morgan fingerprint density at radius 1 is 1.21 bits per heavy atom. The Morgan fingerprint density at radius 3 is 2.57 bits per heavy atom. The molecule has 0 aliphatic heterocycles. The van der Waals surface area contributed by atoms with Gasteiger partial charge in [-0.3, -0.25) is 14.2 Å². The summed E-state index contributed by atoms with van der Waals surface area (Å²) in [6, 6.07) is 6.28. The molecule has 0 spiro atoms. The molecular formula is C20H25N3O5. The summed E-state index contributed by atoms with van der Waals surface area (Å²) in [5.74, 6) is -0.647. The number of rotatable bonds is 5. The van der Waals surface area contributed by atoms with Gasteiger partial charge < -0.3 is 15.0 Å². The lowest BCUT2D eigenvalue weighted by Gasteiger charge is -2.28. The normalized spacial score (nSPS) is 20.5. The zero-order chi connectivity index (χ0) is 20.3. The number of fused-ring (bicyclic) bond motifs is 1. The van der Waals surface area contributed by atoms with Gasteiger partial charge in [-0.1, -0.05) is 12.1 Å². The van der Waals surface area contributed by atoms with E-state index in [9.17, 15) is 19.2 Å². The Bertz CT molecular complexity index is 985. The van der Waals surface area contributed by atoms with Crippen LogP contribution in [0.2, 0.25) is 0 Å². The van der Waals surface area contributed by atoms with E-state index in [1.165, 1.54) is 11.7 Å². The number of ether oxygens (including phenoxy) is 1. The van der Waals surface area contributed by atoms with Gasteiger partial charge in [-0.05, 0) is 50.7 Å². The maximum atomic E-state index is 12.6. The molecule has 1 atom stereocenters. The molecule has 8 nitrogen and oxygen atoms in total. The minimum absolute atomic E-state index is 0.155. The van der Waals surface area contributed by atoms with E-state index < -0.39 is 17.7 Å². The number of para-hydroxylation sites is 1. The van der Waals surface area contributed by atoms with Crippen LogP contribution < -0.4 is 16.6 Å². The highest BCUT2D eigenvalue weighted by atomic mass is 16.5. The summed E-state index contributed by atoms with van der Waals surface area (Å²) in [6.45, 7) is 1.93. The molecule has 1 aromatic heterocycles. The quantitative estimate of drug-likeness (QED) is 0.749. The Labute approximate surface area is 161 Å². The monoisotopic (exact) mass is 387 g/mol. The summed E-state index contributed by atoms with van der Waals surface area (Å²) in [7, 11) is 1.28. The zero-order valence-corrected chi connectivity index (χ0v) is 16.1. The second-order valence-electron chi connectivity index (χ2n) is 7.36. The molecule has 0 bridgehead atoms. The summed E-state index contributed by atoms with van der Waals surface area (Å²) in [4.78, 5) is 51.5. The van der Waals surface area contributed by atoms with Crippen molar-refractivity contribution in [3.63, 3.8) is 0 Å². The first-order chi connectivity index (χ1) is 13.4. The van der Waals surface area contributed by atoms with E-state index in [1.807, 2.05) is 0 Å². The van der Waals surface area contributed by atoms with Crippen molar-refractivity contribution >= 4 is 22.8 Å². The molecule has 1 aromatic carbocycles. The molecule has 0 radical (unpaired) electrons. The molecular weight excluding hydrogens is 362 g/mol. The molecule has 2 N–H and O–H groups in total. The predicted octanol–water partition coefficient (Wildman–Crippen LogP) is 1.17. The van der Waals surface area contributed by atoms with Gasteiger partial charge in [-0.2, -0.15) is 0 Å². The summed E-state index contributed by atoms with van der Waals surface area (Å²) < 4.78 is 5.87. The minimum Gasteiger partial charge on any atom is -0.467 e. The van der Waals surface area contributed by atoms with Crippen molar-refractivity contribution in [2.75, 3.05) is 7.11 Å². The smallest absolute Gasteiger partial charge is 0.328 e. The standard InChI is InChI=1S/C20H25N3O5/c1-12(19(26)28-2)21-17(24)14-9-7-13(8-10-14)11-23-18(25)15-5-3-4-6-16(15)22-20(23)27/h3-6,12-14H,7-11H2,1-2H3,(H,21,24)(H,22,27)/t12-,13?,14?/m0/s1. The van der Waals surface area contributed by atoms with Gasteiger partial charge in [0.15, 0.2) is 0 Å². The van der Waals surface area contributed by atoms with Crippen LogP contribution in [-0.4, -0.2) is 34.6 Å². The molecule has 1 fully saturated rings. The van der Waals surface area contributed by atoms with E-state index in [0.717, 1.165) is 12.8 Å². The third-order valence-corrected chi connectivity index (χ3v) is 5.46. The van der Waals surface area contributed by atoms with Crippen LogP contribution in [0.4, 0.5) is 0 Å². The van der Waals surface area contributed by atoms with Crippen LogP contribution in [-0.2, 0) is 20.9 Å². The summed E-state index contributed by atoms with van der Waals surface area (Å²) in [5.41, 5.74) is -0.157. The van der Waals surface area contributed by atoms with Gasteiger partial charge >= 0.3 is 11.7 Å². The van der Waals surface area contributed by atoms with Crippen LogP contribution in [0.5, 0.6) is 0 Å². The van der Waals surface area contributed by atoms with Gasteiger partial charge in [0.05, 0.1) is 18.0 Å². The Kier molecular flexibility index (Phi) is 5.96. The SMILES string of the molecule is COC(=O)[C@H](C)NC(=O)C1CCC(Cn2c(=O)[nH]c3ccccc3c2=O)CC1. The molecule has 28 heavy (non-hydrogen) atoms. The molecule has 0 saturated heterocycles. The number of benzene rings is 1. The number of aromatic nitrogens is 2. The van der Waals surface area contributed by atoms with Crippen LogP contribution >= 0.6 is 0 Å². The van der Waals surface area contributed by atoms with Crippen molar-refractivity contribution in [3.05, 3.63) is 45.1 Å². The fraction of sp³-hybridized carbons (Fsp3) is 0.500. The van der Waals surface area contributed by atoms with E-state index in [-0.39, 0.29) is 23.3 Å². The number of nitrogens with one attached hydrogen (secondary N) is 2. The molecule has 0 unspecified atom stereocenters. The molecule has 3 rings (SSSR count). The molecule has 1 saturated carbocycles. The molecule has 1 aliphatic rings. The number of esters is 1. The first-order valence-electron chi connectivity index (χ1n) is 9.50. The first kappa shape index (κ1) is 19.9. The van der Waals surface area contributed by atoms with Gasteiger partial charge in [0.25, 0.3) is 5.56 Å². The molecule has 8 heteroatoms. The molecule has 1 heterocycles. The molecule has 150 valence electrons. The highest BCUT2D eigenvalue weighted by Gasteiger charge is 2.29. The summed E-state index contributed by atoms with van der Waals surface area (Å²) >= 11 is 0. The van der Waals surface area contributed by atoms with E-state index in [4.69, 9.17) is 0 Å². The van der Waals surface area contributed by atoms with Crippen molar-refractivity contribution in [1.82, 2.24) is 14.9 Å². The van der Waals surface area contributed by atoms with E-state index in [0.29, 0.717) is 30.3 Å². The second-order valence-corrected chi connectivity index (χ2v) is 7.36. The largest absolute Gasteiger partial charge is 0.467 e. The zero-order valence-electron chi connectivity index (χ0n) is 16.1. The number of hydrogen-bond donors (Lipinski definition) is 2. The number of amides is 1. The van der Waals surface area contributed by atoms with Crippen molar-refractivity contribution in [3.8, 4) is 0 Å². The van der Waals surface area contributed by atoms with Crippen LogP contribution in [0.15, 0.2) is 33.9 Å².